The average Bonchev–Trinajstić information content (AvgIpc) is 2.38. The molecule has 0 bridgehead atoms. The molecule has 0 N–H and O–H groups in total. The first kappa shape index (κ1) is 11.3. The van der Waals surface area contributed by atoms with Crippen LogP contribution in [0.5, 0.6) is 0 Å². The van der Waals surface area contributed by atoms with Crippen LogP contribution in [0.4, 0.5) is 0 Å². The van der Waals surface area contributed by atoms with E-state index in [1.54, 1.807) is 12.1 Å². The van der Waals surface area contributed by atoms with E-state index in [4.69, 9.17) is 10.5 Å². The van der Waals surface area contributed by atoms with Gasteiger partial charge in [0.25, 0.3) is 0 Å². The summed E-state index contributed by atoms with van der Waals surface area (Å²) >= 11 is 4.21. The van der Waals surface area contributed by atoms with Crippen LogP contribution in [0.25, 0.3) is 11.1 Å². The van der Waals surface area contributed by atoms with Gasteiger partial charge in [0.2, 0.25) is 0 Å². The lowest BCUT2D eigenvalue weighted by Gasteiger charge is -2.05. The summed E-state index contributed by atoms with van der Waals surface area (Å²) in [5, 5.41) is 18.1. The second-order valence-electron chi connectivity index (χ2n) is 3.50. The maximum atomic E-state index is 9.13. The molecule has 0 amide bonds. The van der Waals surface area contributed by atoms with Crippen molar-refractivity contribution < 1.29 is 0 Å². The van der Waals surface area contributed by atoms with E-state index >= 15 is 0 Å². The predicted octanol–water partition coefficient (Wildman–Crippen LogP) is 3.39. The molecule has 0 unspecified atom stereocenters. The van der Waals surface area contributed by atoms with Gasteiger partial charge in [-0.1, -0.05) is 24.3 Å². The van der Waals surface area contributed by atoms with E-state index in [2.05, 4.69) is 18.7 Å². The molecule has 0 radical (unpaired) electrons. The molecule has 0 saturated heterocycles. The minimum atomic E-state index is 0.403. The van der Waals surface area contributed by atoms with E-state index < -0.39 is 0 Å². The Kier molecular flexibility index (Phi) is 3.14. The number of hydrogen-bond donors (Lipinski definition) is 1. The molecule has 2 aromatic carbocycles. The Labute approximate surface area is 105 Å². The SMILES string of the molecule is N#Cc1cccc(-c2ccc(S)cc2)c1C#N. The molecule has 2 rings (SSSR count). The summed E-state index contributed by atoms with van der Waals surface area (Å²) in [5.41, 5.74) is 2.51. The molecule has 0 aliphatic rings. The van der Waals surface area contributed by atoms with Crippen molar-refractivity contribution in [3.8, 4) is 23.3 Å². The van der Waals surface area contributed by atoms with Crippen molar-refractivity contribution in [3.63, 3.8) is 0 Å². The van der Waals surface area contributed by atoms with E-state index in [0.29, 0.717) is 11.1 Å². The van der Waals surface area contributed by atoms with Crippen molar-refractivity contribution in [3.05, 3.63) is 53.6 Å². The summed E-state index contributed by atoms with van der Waals surface area (Å²) in [5.74, 6) is 0. The van der Waals surface area contributed by atoms with Gasteiger partial charge in [-0.3, -0.25) is 0 Å². The molecule has 0 saturated carbocycles. The third-order valence-electron chi connectivity index (χ3n) is 2.48. The van der Waals surface area contributed by atoms with E-state index in [0.717, 1.165) is 16.0 Å². The molecule has 0 heterocycles. The van der Waals surface area contributed by atoms with Crippen LogP contribution in [0.1, 0.15) is 11.1 Å². The highest BCUT2D eigenvalue weighted by molar-refractivity contribution is 7.80. The molecule has 80 valence electrons. The van der Waals surface area contributed by atoms with E-state index in [-0.39, 0.29) is 0 Å². The summed E-state index contributed by atoms with van der Waals surface area (Å²) in [6, 6.07) is 16.9. The number of nitrogens with zero attached hydrogens (tertiary/aromatic N) is 2. The van der Waals surface area contributed by atoms with Gasteiger partial charge < -0.3 is 0 Å². The van der Waals surface area contributed by atoms with Gasteiger partial charge in [0.05, 0.1) is 11.1 Å². The van der Waals surface area contributed by atoms with Crippen LogP contribution in [0.2, 0.25) is 0 Å². The topological polar surface area (TPSA) is 47.6 Å². The summed E-state index contributed by atoms with van der Waals surface area (Å²) in [6.45, 7) is 0. The van der Waals surface area contributed by atoms with E-state index in [1.165, 1.54) is 0 Å². The van der Waals surface area contributed by atoms with Gasteiger partial charge >= 0.3 is 0 Å². The zero-order chi connectivity index (χ0) is 12.3. The second kappa shape index (κ2) is 4.74. The summed E-state index contributed by atoms with van der Waals surface area (Å²) in [7, 11) is 0. The van der Waals surface area contributed by atoms with Gasteiger partial charge in [-0.15, -0.1) is 12.6 Å². The molecule has 0 spiro atoms. The van der Waals surface area contributed by atoms with Gasteiger partial charge in [0.1, 0.15) is 12.1 Å². The molecule has 0 atom stereocenters. The highest BCUT2D eigenvalue weighted by atomic mass is 32.1. The van der Waals surface area contributed by atoms with Gasteiger partial charge in [-0.2, -0.15) is 10.5 Å². The third-order valence-corrected chi connectivity index (χ3v) is 2.77. The Morgan fingerprint density at radius 1 is 0.882 bits per heavy atom. The fraction of sp³-hybridized carbons (Fsp3) is 0. The Bertz CT molecular complexity index is 631. The maximum absolute atomic E-state index is 9.13. The zero-order valence-electron chi connectivity index (χ0n) is 8.88. The van der Waals surface area contributed by atoms with Crippen LogP contribution in [0.3, 0.4) is 0 Å². The molecular weight excluding hydrogens is 228 g/mol. The van der Waals surface area contributed by atoms with Crippen molar-refractivity contribution in [1.82, 2.24) is 0 Å². The number of benzene rings is 2. The van der Waals surface area contributed by atoms with Crippen LogP contribution < -0.4 is 0 Å². The zero-order valence-corrected chi connectivity index (χ0v) is 9.78. The van der Waals surface area contributed by atoms with Gasteiger partial charge in [-0.25, -0.2) is 0 Å². The third kappa shape index (κ3) is 2.15. The molecule has 17 heavy (non-hydrogen) atoms. The molecule has 0 aliphatic heterocycles. The number of rotatable bonds is 1. The normalized spacial score (nSPS) is 9.35. The highest BCUT2D eigenvalue weighted by Gasteiger charge is 2.08. The fourth-order valence-corrected chi connectivity index (χ4v) is 1.80. The van der Waals surface area contributed by atoms with Crippen LogP contribution in [-0.4, -0.2) is 0 Å². The minimum absolute atomic E-state index is 0.403. The first-order valence-electron chi connectivity index (χ1n) is 4.99. The molecular formula is C14H8N2S. The first-order valence-corrected chi connectivity index (χ1v) is 5.43. The maximum Gasteiger partial charge on any atom is 0.101 e. The lowest BCUT2D eigenvalue weighted by molar-refractivity contribution is 1.41. The van der Waals surface area contributed by atoms with Gasteiger partial charge in [0, 0.05) is 10.5 Å². The largest absolute Gasteiger partial charge is 0.192 e. The van der Waals surface area contributed by atoms with Crippen molar-refractivity contribution in [2.75, 3.05) is 0 Å². The van der Waals surface area contributed by atoms with Gasteiger partial charge in [0.15, 0.2) is 0 Å². The van der Waals surface area contributed by atoms with E-state index in [1.807, 2.05) is 36.4 Å². The summed E-state index contributed by atoms with van der Waals surface area (Å²) < 4.78 is 0. The second-order valence-corrected chi connectivity index (χ2v) is 4.02. The lowest BCUT2D eigenvalue weighted by atomic mass is 9.97. The number of hydrogen-bond acceptors (Lipinski definition) is 3. The summed E-state index contributed by atoms with van der Waals surface area (Å²) in [6.07, 6.45) is 0. The minimum Gasteiger partial charge on any atom is -0.192 e. The Morgan fingerprint density at radius 2 is 1.59 bits per heavy atom. The van der Waals surface area contributed by atoms with Crippen molar-refractivity contribution >= 4 is 12.6 Å². The van der Waals surface area contributed by atoms with Crippen LogP contribution in [-0.2, 0) is 0 Å². The van der Waals surface area contributed by atoms with Crippen LogP contribution in [0.15, 0.2) is 47.4 Å². The summed E-state index contributed by atoms with van der Waals surface area (Å²) in [4.78, 5) is 0.865. The molecule has 2 nitrogen and oxygen atoms in total. The quantitative estimate of drug-likeness (QED) is 0.771. The lowest BCUT2D eigenvalue weighted by Crippen LogP contribution is -1.89. The average molecular weight is 236 g/mol. The predicted molar refractivity (Wildman–Crippen MR) is 68.6 cm³/mol. The monoisotopic (exact) mass is 236 g/mol. The standard InChI is InChI=1S/C14H8N2S/c15-8-11-2-1-3-13(14(11)9-16)10-4-6-12(17)7-5-10/h1-7,17H. The van der Waals surface area contributed by atoms with Crippen LogP contribution in [0, 0.1) is 22.7 Å². The number of nitriles is 2. The fourth-order valence-electron chi connectivity index (χ4n) is 1.65. The van der Waals surface area contributed by atoms with Crippen LogP contribution >= 0.6 is 12.6 Å². The van der Waals surface area contributed by atoms with E-state index in [9.17, 15) is 0 Å². The smallest absolute Gasteiger partial charge is 0.101 e. The van der Waals surface area contributed by atoms with Crippen molar-refractivity contribution in [2.45, 2.75) is 4.90 Å². The van der Waals surface area contributed by atoms with Gasteiger partial charge in [-0.05, 0) is 23.8 Å². The molecule has 0 fully saturated rings. The van der Waals surface area contributed by atoms with Crippen molar-refractivity contribution in [2.24, 2.45) is 0 Å². The Morgan fingerprint density at radius 3 is 2.18 bits per heavy atom. The molecule has 2 aromatic rings. The number of thiol groups is 1. The Hall–Kier alpha value is -2.23. The molecule has 0 aromatic heterocycles. The first-order chi connectivity index (χ1) is 8.26. The highest BCUT2D eigenvalue weighted by Crippen LogP contribution is 2.26. The Balaban J connectivity index is 2.65. The molecule has 3 heteroatoms. The van der Waals surface area contributed by atoms with Crippen molar-refractivity contribution in [1.29, 1.82) is 10.5 Å². The molecule has 0 aliphatic carbocycles.